The normalized spacial score (nSPS) is 18.8. The number of likely N-dealkylation sites (N-methyl/N-ethyl adjacent to an activating group) is 1. The summed E-state index contributed by atoms with van der Waals surface area (Å²) in [4.78, 5) is 4.98. The maximum atomic E-state index is 13.4. The summed E-state index contributed by atoms with van der Waals surface area (Å²) in [6.07, 6.45) is 1.12. The van der Waals surface area contributed by atoms with Crippen molar-refractivity contribution in [3.8, 4) is 0 Å². The van der Waals surface area contributed by atoms with E-state index in [0.29, 0.717) is 11.6 Å². The first kappa shape index (κ1) is 15.2. The van der Waals surface area contributed by atoms with E-state index in [0.717, 1.165) is 38.3 Å². The number of halogens is 1. The monoisotopic (exact) mass is 295 g/mol. The number of nitrogens with two attached hydrogens (primary N) is 1. The van der Waals surface area contributed by atoms with Crippen molar-refractivity contribution in [2.24, 2.45) is 5.73 Å². The Balaban J connectivity index is 2.20. The molecule has 1 aliphatic heterocycles. The number of hydrogen-bond acceptors (Lipinski definition) is 3. The molecule has 3 nitrogen and oxygen atoms in total. The molecule has 1 fully saturated rings. The molecule has 0 saturated carbocycles. The van der Waals surface area contributed by atoms with Gasteiger partial charge in [-0.05, 0) is 37.7 Å². The Morgan fingerprint density at radius 1 is 1.45 bits per heavy atom. The van der Waals surface area contributed by atoms with Crippen molar-refractivity contribution in [2.45, 2.75) is 26.3 Å². The molecule has 110 valence electrons. The van der Waals surface area contributed by atoms with Gasteiger partial charge in [-0.3, -0.25) is 4.90 Å². The second-order valence-corrected chi connectivity index (χ2v) is 5.58. The molecule has 1 saturated heterocycles. The van der Waals surface area contributed by atoms with Crippen molar-refractivity contribution in [1.82, 2.24) is 4.90 Å². The molecule has 20 heavy (non-hydrogen) atoms. The third kappa shape index (κ3) is 3.10. The summed E-state index contributed by atoms with van der Waals surface area (Å²) in [7, 11) is 0. The maximum absolute atomic E-state index is 13.4. The molecule has 0 spiro atoms. The Labute approximate surface area is 125 Å². The summed E-state index contributed by atoms with van der Waals surface area (Å²) >= 11 is 5.05. The fourth-order valence-electron chi connectivity index (χ4n) is 2.98. The van der Waals surface area contributed by atoms with Gasteiger partial charge in [0.05, 0.1) is 0 Å². The van der Waals surface area contributed by atoms with E-state index in [-0.39, 0.29) is 10.8 Å². The first-order chi connectivity index (χ1) is 9.56. The minimum Gasteiger partial charge on any atom is -0.389 e. The molecule has 1 aromatic carbocycles. The van der Waals surface area contributed by atoms with Crippen LogP contribution in [0.1, 0.15) is 25.8 Å². The first-order valence-electron chi connectivity index (χ1n) is 7.15. The topological polar surface area (TPSA) is 32.5 Å². The van der Waals surface area contributed by atoms with Gasteiger partial charge in [0.1, 0.15) is 10.8 Å². The average Bonchev–Trinajstić information content (AvgIpc) is 2.89. The van der Waals surface area contributed by atoms with Crippen LogP contribution in [0.15, 0.2) is 18.2 Å². The van der Waals surface area contributed by atoms with Gasteiger partial charge in [-0.2, -0.15) is 0 Å². The summed E-state index contributed by atoms with van der Waals surface area (Å²) in [5.41, 5.74) is 7.32. The van der Waals surface area contributed by atoms with Gasteiger partial charge in [0.25, 0.3) is 0 Å². The molecule has 0 amide bonds. The van der Waals surface area contributed by atoms with E-state index in [1.54, 1.807) is 6.07 Å². The van der Waals surface area contributed by atoms with Crippen LogP contribution in [0.25, 0.3) is 0 Å². The molecule has 0 aromatic heterocycles. The smallest absolute Gasteiger partial charge is 0.124 e. The predicted octanol–water partition coefficient (Wildman–Crippen LogP) is 2.38. The Kier molecular flexibility index (Phi) is 4.94. The van der Waals surface area contributed by atoms with E-state index < -0.39 is 0 Å². The molecule has 1 unspecified atom stereocenters. The number of anilines is 1. The minimum atomic E-state index is -0.295. The van der Waals surface area contributed by atoms with E-state index in [9.17, 15) is 4.39 Å². The highest BCUT2D eigenvalue weighted by atomic mass is 32.1. The third-order valence-electron chi connectivity index (χ3n) is 4.06. The first-order valence-corrected chi connectivity index (χ1v) is 7.56. The van der Waals surface area contributed by atoms with Crippen LogP contribution in [0.4, 0.5) is 10.1 Å². The Morgan fingerprint density at radius 3 is 2.75 bits per heavy atom. The summed E-state index contributed by atoms with van der Waals surface area (Å²) in [5, 5.41) is 0. The number of thiocarbonyl (C=S) groups is 1. The molecule has 5 heteroatoms. The molecule has 1 heterocycles. The van der Waals surface area contributed by atoms with Crippen molar-refractivity contribution in [1.29, 1.82) is 0 Å². The lowest BCUT2D eigenvalue weighted by Crippen LogP contribution is -2.37. The van der Waals surface area contributed by atoms with Crippen LogP contribution in [0.3, 0.4) is 0 Å². The number of benzene rings is 1. The van der Waals surface area contributed by atoms with E-state index in [2.05, 4.69) is 23.6 Å². The van der Waals surface area contributed by atoms with E-state index in [4.69, 9.17) is 18.0 Å². The second-order valence-electron chi connectivity index (χ2n) is 5.14. The lowest BCUT2D eigenvalue weighted by Gasteiger charge is -2.27. The third-order valence-corrected chi connectivity index (χ3v) is 4.28. The molecule has 2 N–H and O–H groups in total. The van der Waals surface area contributed by atoms with Gasteiger partial charge in [0.15, 0.2) is 0 Å². The van der Waals surface area contributed by atoms with Crippen molar-refractivity contribution in [3.05, 3.63) is 29.6 Å². The number of rotatable bonds is 5. The van der Waals surface area contributed by atoms with E-state index >= 15 is 0 Å². The van der Waals surface area contributed by atoms with Crippen LogP contribution in [-0.4, -0.2) is 42.1 Å². The lowest BCUT2D eigenvalue weighted by atomic mass is 10.1. The zero-order chi connectivity index (χ0) is 14.7. The van der Waals surface area contributed by atoms with Crippen LogP contribution in [-0.2, 0) is 0 Å². The van der Waals surface area contributed by atoms with Gasteiger partial charge < -0.3 is 10.6 Å². The highest BCUT2D eigenvalue weighted by Gasteiger charge is 2.27. The maximum Gasteiger partial charge on any atom is 0.124 e. The van der Waals surface area contributed by atoms with Crippen molar-refractivity contribution in [3.63, 3.8) is 0 Å². The molecular formula is C15H22FN3S. The van der Waals surface area contributed by atoms with Crippen molar-refractivity contribution >= 4 is 22.9 Å². The van der Waals surface area contributed by atoms with Crippen LogP contribution in [0.5, 0.6) is 0 Å². The molecule has 0 aliphatic carbocycles. The minimum absolute atomic E-state index is 0.255. The average molecular weight is 295 g/mol. The molecule has 1 aromatic rings. The molecule has 0 bridgehead atoms. The fraction of sp³-hybridized carbons (Fsp3) is 0.533. The van der Waals surface area contributed by atoms with Crippen LogP contribution in [0.2, 0.25) is 0 Å². The summed E-state index contributed by atoms with van der Waals surface area (Å²) < 4.78 is 13.4. The zero-order valence-electron chi connectivity index (χ0n) is 12.1. The lowest BCUT2D eigenvalue weighted by molar-refractivity contribution is 0.232. The SMILES string of the molecule is CCN(CC)C1CCN(c2ccc(F)cc2C(N)=S)C1. The number of nitrogens with zero attached hydrogens (tertiary/aromatic N) is 2. The molecule has 2 rings (SSSR count). The van der Waals surface area contributed by atoms with Gasteiger partial charge in [-0.1, -0.05) is 26.1 Å². The molecule has 0 radical (unpaired) electrons. The van der Waals surface area contributed by atoms with Crippen LogP contribution >= 0.6 is 12.2 Å². The summed E-state index contributed by atoms with van der Waals surface area (Å²) in [6, 6.07) is 5.24. The highest BCUT2D eigenvalue weighted by Crippen LogP contribution is 2.27. The van der Waals surface area contributed by atoms with E-state index in [1.165, 1.54) is 12.1 Å². The van der Waals surface area contributed by atoms with Crippen molar-refractivity contribution < 1.29 is 4.39 Å². The molecule has 1 aliphatic rings. The Hall–Kier alpha value is -1.20. The Morgan fingerprint density at radius 2 is 2.15 bits per heavy atom. The van der Waals surface area contributed by atoms with Gasteiger partial charge in [0, 0.05) is 30.4 Å². The van der Waals surface area contributed by atoms with Crippen LogP contribution in [0, 0.1) is 5.82 Å². The van der Waals surface area contributed by atoms with E-state index in [1.807, 2.05) is 0 Å². The highest BCUT2D eigenvalue weighted by molar-refractivity contribution is 7.80. The Bertz CT molecular complexity index is 488. The number of hydrogen-bond donors (Lipinski definition) is 1. The van der Waals surface area contributed by atoms with Gasteiger partial charge in [0.2, 0.25) is 0 Å². The summed E-state index contributed by atoms with van der Waals surface area (Å²) in [5.74, 6) is -0.295. The van der Waals surface area contributed by atoms with Gasteiger partial charge >= 0.3 is 0 Å². The molecular weight excluding hydrogens is 273 g/mol. The molecule has 1 atom stereocenters. The second kappa shape index (κ2) is 6.50. The van der Waals surface area contributed by atoms with Crippen molar-refractivity contribution in [2.75, 3.05) is 31.1 Å². The summed E-state index contributed by atoms with van der Waals surface area (Å²) in [6.45, 7) is 8.39. The quantitative estimate of drug-likeness (QED) is 0.846. The zero-order valence-corrected chi connectivity index (χ0v) is 12.9. The van der Waals surface area contributed by atoms with Gasteiger partial charge in [-0.15, -0.1) is 0 Å². The largest absolute Gasteiger partial charge is 0.389 e. The fourth-order valence-corrected chi connectivity index (χ4v) is 3.14. The standard InChI is InChI=1S/C15H22FN3S/c1-3-18(4-2)12-7-8-19(10-12)14-6-5-11(16)9-13(14)15(17)20/h5-6,9,12H,3-4,7-8,10H2,1-2H3,(H2,17,20). The predicted molar refractivity (Wildman–Crippen MR) is 85.8 cm³/mol. The van der Waals surface area contributed by atoms with Crippen LogP contribution < -0.4 is 10.6 Å². The van der Waals surface area contributed by atoms with Gasteiger partial charge in [-0.25, -0.2) is 4.39 Å².